The van der Waals surface area contributed by atoms with Gasteiger partial charge in [0.15, 0.2) is 0 Å². The van der Waals surface area contributed by atoms with Crippen LogP contribution in [0, 0.1) is 17.8 Å². The molecule has 1 rings (SSSR count). The lowest BCUT2D eigenvalue weighted by Crippen LogP contribution is -2.03. The van der Waals surface area contributed by atoms with E-state index in [1.807, 2.05) is 0 Å². The van der Waals surface area contributed by atoms with Gasteiger partial charge in [-0.3, -0.25) is 0 Å². The Morgan fingerprint density at radius 1 is 1.71 bits per heavy atom. The lowest BCUT2D eigenvalue weighted by atomic mass is 9.91. The van der Waals surface area contributed by atoms with Gasteiger partial charge in [-0.2, -0.15) is 0 Å². The summed E-state index contributed by atoms with van der Waals surface area (Å²) in [6.45, 7) is 4.38. The van der Waals surface area contributed by atoms with Crippen LogP contribution in [-0.4, -0.2) is 12.6 Å². The molecular formula is C12H16O2. The smallest absolute Gasteiger partial charge is 0.384 e. The zero-order valence-corrected chi connectivity index (χ0v) is 8.80. The highest BCUT2D eigenvalue weighted by Gasteiger charge is 2.08. The number of rotatable bonds is 1. The largest absolute Gasteiger partial charge is 0.456 e. The standard InChI is InChI=1S/C12H16O2/c1-3-14-12(13)8-7-11-6-4-5-10(2)9-11/h6,10H,3-5,9H2,1-2H3/t10-/m0/s1. The van der Waals surface area contributed by atoms with E-state index in [1.165, 1.54) is 6.42 Å². The average Bonchev–Trinajstić information content (AvgIpc) is 2.15. The quantitative estimate of drug-likeness (QED) is 0.362. The Bertz CT molecular complexity index is 291. The Balaban J connectivity index is 2.50. The SMILES string of the molecule is CCOC(=O)C#CC1=CCC[C@H](C)C1. The number of hydrogen-bond donors (Lipinski definition) is 0. The molecule has 0 aromatic carbocycles. The number of esters is 1. The van der Waals surface area contributed by atoms with Gasteiger partial charge in [0, 0.05) is 5.92 Å². The number of carbonyl (C=O) groups excluding carboxylic acids is 1. The third kappa shape index (κ3) is 3.66. The molecule has 0 aromatic heterocycles. The molecule has 0 bridgehead atoms. The van der Waals surface area contributed by atoms with Gasteiger partial charge < -0.3 is 4.74 Å². The molecule has 2 heteroatoms. The second kappa shape index (κ2) is 5.49. The van der Waals surface area contributed by atoms with Crippen molar-refractivity contribution in [2.24, 2.45) is 5.92 Å². The summed E-state index contributed by atoms with van der Waals surface area (Å²) >= 11 is 0. The molecule has 14 heavy (non-hydrogen) atoms. The molecule has 0 saturated heterocycles. The van der Waals surface area contributed by atoms with Crippen LogP contribution in [0.25, 0.3) is 0 Å². The van der Waals surface area contributed by atoms with E-state index in [1.54, 1.807) is 6.92 Å². The van der Waals surface area contributed by atoms with E-state index in [2.05, 4.69) is 24.8 Å². The van der Waals surface area contributed by atoms with Crippen molar-refractivity contribution in [2.75, 3.05) is 6.61 Å². The maximum absolute atomic E-state index is 10.9. The maximum Gasteiger partial charge on any atom is 0.384 e. The van der Waals surface area contributed by atoms with Crippen molar-refractivity contribution >= 4 is 5.97 Å². The second-order valence-corrected chi connectivity index (χ2v) is 3.59. The van der Waals surface area contributed by atoms with Crippen LogP contribution in [0.4, 0.5) is 0 Å². The van der Waals surface area contributed by atoms with E-state index >= 15 is 0 Å². The van der Waals surface area contributed by atoms with Crippen molar-refractivity contribution in [1.29, 1.82) is 0 Å². The molecule has 1 aliphatic carbocycles. The zero-order chi connectivity index (χ0) is 10.4. The molecule has 0 unspecified atom stereocenters. The van der Waals surface area contributed by atoms with Gasteiger partial charge in [0.05, 0.1) is 6.61 Å². The molecule has 0 spiro atoms. The van der Waals surface area contributed by atoms with Gasteiger partial charge >= 0.3 is 5.97 Å². The minimum atomic E-state index is -0.424. The van der Waals surface area contributed by atoms with Gasteiger partial charge in [-0.15, -0.1) is 0 Å². The highest BCUT2D eigenvalue weighted by atomic mass is 16.5. The van der Waals surface area contributed by atoms with Crippen LogP contribution in [0.3, 0.4) is 0 Å². The van der Waals surface area contributed by atoms with Gasteiger partial charge in [-0.1, -0.05) is 18.9 Å². The van der Waals surface area contributed by atoms with Crippen molar-refractivity contribution in [1.82, 2.24) is 0 Å². The number of carbonyl (C=O) groups is 1. The molecule has 0 aliphatic heterocycles. The van der Waals surface area contributed by atoms with Crippen LogP contribution in [0.5, 0.6) is 0 Å². The van der Waals surface area contributed by atoms with Crippen LogP contribution in [-0.2, 0) is 9.53 Å². The Labute approximate surface area is 85.3 Å². The number of hydrogen-bond acceptors (Lipinski definition) is 2. The molecular weight excluding hydrogens is 176 g/mol. The highest BCUT2D eigenvalue weighted by Crippen LogP contribution is 2.22. The van der Waals surface area contributed by atoms with Crippen LogP contribution < -0.4 is 0 Å². The Morgan fingerprint density at radius 3 is 3.14 bits per heavy atom. The predicted octanol–water partition coefficient (Wildman–Crippen LogP) is 2.30. The van der Waals surface area contributed by atoms with E-state index in [0.29, 0.717) is 12.5 Å². The summed E-state index contributed by atoms with van der Waals surface area (Å²) in [6, 6.07) is 0. The molecule has 2 nitrogen and oxygen atoms in total. The molecule has 0 radical (unpaired) electrons. The summed E-state index contributed by atoms with van der Waals surface area (Å²) in [6.07, 6.45) is 5.41. The Kier molecular flexibility index (Phi) is 4.25. The first kappa shape index (κ1) is 10.8. The van der Waals surface area contributed by atoms with E-state index in [-0.39, 0.29) is 0 Å². The lowest BCUT2D eigenvalue weighted by molar-refractivity contribution is -0.136. The minimum Gasteiger partial charge on any atom is -0.456 e. The summed E-state index contributed by atoms with van der Waals surface area (Å²) in [4.78, 5) is 10.9. The van der Waals surface area contributed by atoms with Crippen LogP contribution >= 0.6 is 0 Å². The third-order valence-electron chi connectivity index (χ3n) is 2.22. The molecule has 0 N–H and O–H groups in total. The molecule has 0 heterocycles. The fraction of sp³-hybridized carbons (Fsp3) is 0.583. The molecule has 0 saturated carbocycles. The second-order valence-electron chi connectivity index (χ2n) is 3.59. The Hall–Kier alpha value is -1.23. The van der Waals surface area contributed by atoms with E-state index in [0.717, 1.165) is 18.4 Å². The van der Waals surface area contributed by atoms with Gasteiger partial charge in [0.25, 0.3) is 0 Å². The van der Waals surface area contributed by atoms with Gasteiger partial charge in [-0.05, 0) is 37.7 Å². The van der Waals surface area contributed by atoms with Crippen LogP contribution in [0.15, 0.2) is 11.6 Å². The van der Waals surface area contributed by atoms with Crippen molar-refractivity contribution in [3.05, 3.63) is 11.6 Å². The summed E-state index contributed by atoms with van der Waals surface area (Å²) in [7, 11) is 0. The van der Waals surface area contributed by atoms with E-state index < -0.39 is 5.97 Å². The normalized spacial score (nSPS) is 20.4. The third-order valence-corrected chi connectivity index (χ3v) is 2.22. The highest BCUT2D eigenvalue weighted by molar-refractivity contribution is 5.89. The topological polar surface area (TPSA) is 26.3 Å². The first-order chi connectivity index (χ1) is 6.72. The fourth-order valence-electron chi connectivity index (χ4n) is 1.50. The fourth-order valence-corrected chi connectivity index (χ4v) is 1.50. The minimum absolute atomic E-state index is 0.392. The number of ether oxygens (including phenoxy) is 1. The molecule has 76 valence electrons. The van der Waals surface area contributed by atoms with Crippen molar-refractivity contribution in [3.8, 4) is 11.8 Å². The first-order valence-electron chi connectivity index (χ1n) is 5.10. The van der Waals surface area contributed by atoms with Crippen molar-refractivity contribution < 1.29 is 9.53 Å². The maximum atomic E-state index is 10.9. The molecule has 1 aliphatic rings. The van der Waals surface area contributed by atoms with E-state index in [4.69, 9.17) is 4.74 Å². The summed E-state index contributed by atoms with van der Waals surface area (Å²) < 4.78 is 4.72. The van der Waals surface area contributed by atoms with Crippen LogP contribution in [0.1, 0.15) is 33.1 Å². The monoisotopic (exact) mass is 192 g/mol. The van der Waals surface area contributed by atoms with Crippen LogP contribution in [0.2, 0.25) is 0 Å². The number of allylic oxidation sites excluding steroid dienone is 2. The molecule has 1 atom stereocenters. The summed E-state index contributed by atoms with van der Waals surface area (Å²) in [5, 5.41) is 0. The Morgan fingerprint density at radius 2 is 2.50 bits per heavy atom. The lowest BCUT2D eigenvalue weighted by Gasteiger charge is -2.14. The van der Waals surface area contributed by atoms with Crippen molar-refractivity contribution in [2.45, 2.75) is 33.1 Å². The molecule has 0 aromatic rings. The van der Waals surface area contributed by atoms with E-state index in [9.17, 15) is 4.79 Å². The summed E-state index contributed by atoms with van der Waals surface area (Å²) in [5.74, 6) is 5.63. The predicted molar refractivity (Wildman–Crippen MR) is 55.5 cm³/mol. The van der Waals surface area contributed by atoms with Gasteiger partial charge in [-0.25, -0.2) is 4.79 Å². The molecule has 0 amide bonds. The van der Waals surface area contributed by atoms with Gasteiger partial charge in [0.1, 0.15) is 0 Å². The average molecular weight is 192 g/mol. The summed E-state index contributed by atoms with van der Waals surface area (Å²) in [5.41, 5.74) is 1.08. The first-order valence-corrected chi connectivity index (χ1v) is 5.10. The van der Waals surface area contributed by atoms with Crippen molar-refractivity contribution in [3.63, 3.8) is 0 Å². The molecule has 0 fully saturated rings. The zero-order valence-electron chi connectivity index (χ0n) is 8.80. The van der Waals surface area contributed by atoms with Gasteiger partial charge in [0.2, 0.25) is 0 Å².